The number of methoxy groups -OCH3 is 1. The Bertz CT molecular complexity index is 342. The molecule has 1 aliphatic carbocycles. The number of nitrogens with zero attached hydrogens (tertiary/aromatic N) is 1. The minimum absolute atomic E-state index is 0.678. The smallest absolute Gasteiger partial charge is 0.212 e. The zero-order valence-corrected chi connectivity index (χ0v) is 10.9. The van der Waals surface area contributed by atoms with Crippen LogP contribution < -0.4 is 10.1 Å². The van der Waals surface area contributed by atoms with Crippen LogP contribution in [-0.4, -0.2) is 18.1 Å². The molecule has 1 N–H and O–H groups in total. The highest BCUT2D eigenvalue weighted by molar-refractivity contribution is 5.17. The molecule has 0 saturated heterocycles. The van der Waals surface area contributed by atoms with Crippen molar-refractivity contribution in [1.82, 2.24) is 10.3 Å². The molecule has 3 nitrogen and oxygen atoms in total. The maximum absolute atomic E-state index is 5.04. The van der Waals surface area contributed by atoms with Gasteiger partial charge in [-0.2, -0.15) is 0 Å². The van der Waals surface area contributed by atoms with Crippen LogP contribution in [0.15, 0.2) is 18.3 Å². The minimum atomic E-state index is 0.678. The summed E-state index contributed by atoms with van der Waals surface area (Å²) in [4.78, 5) is 4.20. The van der Waals surface area contributed by atoms with Gasteiger partial charge in [-0.05, 0) is 30.2 Å². The molecule has 1 aromatic heterocycles. The van der Waals surface area contributed by atoms with Crippen LogP contribution in [0, 0.1) is 11.8 Å². The molecule has 1 fully saturated rings. The number of hydrogen-bond donors (Lipinski definition) is 1. The first kappa shape index (κ1) is 12.4. The highest BCUT2D eigenvalue weighted by Crippen LogP contribution is 2.33. The molecule has 1 saturated carbocycles. The lowest BCUT2D eigenvalue weighted by Crippen LogP contribution is -2.42. The molecule has 0 unspecified atom stereocenters. The van der Waals surface area contributed by atoms with Gasteiger partial charge >= 0.3 is 0 Å². The summed E-state index contributed by atoms with van der Waals surface area (Å²) in [6, 6.07) is 4.68. The molecule has 94 valence electrons. The Morgan fingerprint density at radius 3 is 2.71 bits per heavy atom. The van der Waals surface area contributed by atoms with Gasteiger partial charge < -0.3 is 10.1 Å². The van der Waals surface area contributed by atoms with Gasteiger partial charge in [-0.15, -0.1) is 0 Å². The standard InChI is InChI=1S/C14H22N2O/c1-10(2)12-6-13(7-12)15-8-11-4-5-14(17-3)16-9-11/h4-5,9-10,12-13,15H,6-8H2,1-3H3. The van der Waals surface area contributed by atoms with Crippen LogP contribution in [-0.2, 0) is 6.54 Å². The fourth-order valence-electron chi connectivity index (χ4n) is 2.27. The molecule has 0 spiro atoms. The van der Waals surface area contributed by atoms with E-state index in [1.165, 1.54) is 18.4 Å². The lowest BCUT2D eigenvalue weighted by atomic mass is 9.73. The second-order valence-electron chi connectivity index (χ2n) is 5.26. The summed E-state index contributed by atoms with van der Waals surface area (Å²) >= 11 is 0. The third-order valence-electron chi connectivity index (χ3n) is 3.72. The molecular formula is C14H22N2O. The average molecular weight is 234 g/mol. The van der Waals surface area contributed by atoms with Crippen molar-refractivity contribution in [3.63, 3.8) is 0 Å². The maximum Gasteiger partial charge on any atom is 0.212 e. The van der Waals surface area contributed by atoms with Crippen molar-refractivity contribution in [1.29, 1.82) is 0 Å². The molecule has 2 rings (SSSR count). The third kappa shape index (κ3) is 3.19. The number of nitrogens with one attached hydrogen (secondary N) is 1. The van der Waals surface area contributed by atoms with Gasteiger partial charge in [0.05, 0.1) is 7.11 Å². The van der Waals surface area contributed by atoms with Crippen LogP contribution in [0.1, 0.15) is 32.3 Å². The lowest BCUT2D eigenvalue weighted by Gasteiger charge is -2.38. The topological polar surface area (TPSA) is 34.1 Å². The van der Waals surface area contributed by atoms with Gasteiger partial charge in [0.15, 0.2) is 0 Å². The highest BCUT2D eigenvalue weighted by Gasteiger charge is 2.30. The van der Waals surface area contributed by atoms with Gasteiger partial charge in [0.2, 0.25) is 5.88 Å². The highest BCUT2D eigenvalue weighted by atomic mass is 16.5. The van der Waals surface area contributed by atoms with Crippen molar-refractivity contribution < 1.29 is 4.74 Å². The second-order valence-corrected chi connectivity index (χ2v) is 5.26. The van der Waals surface area contributed by atoms with Gasteiger partial charge in [-0.1, -0.05) is 19.9 Å². The van der Waals surface area contributed by atoms with Crippen molar-refractivity contribution >= 4 is 0 Å². The fourth-order valence-corrected chi connectivity index (χ4v) is 2.27. The Kier molecular flexibility index (Phi) is 4.00. The van der Waals surface area contributed by atoms with Crippen LogP contribution in [0.4, 0.5) is 0 Å². The van der Waals surface area contributed by atoms with Crippen LogP contribution in [0.3, 0.4) is 0 Å². The van der Waals surface area contributed by atoms with E-state index in [9.17, 15) is 0 Å². The summed E-state index contributed by atoms with van der Waals surface area (Å²) in [5.74, 6) is 2.43. The van der Waals surface area contributed by atoms with Crippen molar-refractivity contribution in [3.05, 3.63) is 23.9 Å². The van der Waals surface area contributed by atoms with Gasteiger partial charge in [-0.25, -0.2) is 4.98 Å². The average Bonchev–Trinajstić information content (AvgIpc) is 2.27. The predicted octanol–water partition coefficient (Wildman–Crippen LogP) is 2.61. The predicted molar refractivity (Wildman–Crippen MR) is 69.0 cm³/mol. The number of hydrogen-bond acceptors (Lipinski definition) is 3. The molecule has 0 aliphatic heterocycles. The van der Waals surface area contributed by atoms with E-state index in [-0.39, 0.29) is 0 Å². The van der Waals surface area contributed by atoms with Crippen LogP contribution >= 0.6 is 0 Å². The van der Waals surface area contributed by atoms with E-state index in [1.54, 1.807) is 7.11 Å². The van der Waals surface area contributed by atoms with Crippen molar-refractivity contribution in [2.45, 2.75) is 39.3 Å². The number of aromatic nitrogens is 1. The van der Waals surface area contributed by atoms with Crippen molar-refractivity contribution in [2.75, 3.05) is 7.11 Å². The number of pyridine rings is 1. The van der Waals surface area contributed by atoms with E-state index in [2.05, 4.69) is 30.2 Å². The summed E-state index contributed by atoms with van der Waals surface area (Å²) < 4.78 is 5.04. The second kappa shape index (κ2) is 5.50. The SMILES string of the molecule is COc1ccc(CNC2CC(C(C)C)C2)cn1. The molecule has 1 aliphatic rings. The maximum atomic E-state index is 5.04. The first-order chi connectivity index (χ1) is 8.19. The normalized spacial score (nSPS) is 23.5. The van der Waals surface area contributed by atoms with Gasteiger partial charge in [0, 0.05) is 24.8 Å². The Balaban J connectivity index is 1.72. The molecule has 1 heterocycles. The van der Waals surface area contributed by atoms with Crippen LogP contribution in [0.2, 0.25) is 0 Å². The molecule has 17 heavy (non-hydrogen) atoms. The summed E-state index contributed by atoms with van der Waals surface area (Å²) in [5, 5.41) is 3.58. The van der Waals surface area contributed by atoms with E-state index in [1.807, 2.05) is 12.3 Å². The Labute approximate surface area is 104 Å². The summed E-state index contributed by atoms with van der Waals surface area (Å²) in [5.41, 5.74) is 1.22. The molecule has 0 aromatic carbocycles. The Morgan fingerprint density at radius 2 is 2.18 bits per heavy atom. The molecule has 1 aromatic rings. The van der Waals surface area contributed by atoms with E-state index in [4.69, 9.17) is 4.74 Å². The fraction of sp³-hybridized carbons (Fsp3) is 0.643. The van der Waals surface area contributed by atoms with Crippen molar-refractivity contribution in [2.24, 2.45) is 11.8 Å². The monoisotopic (exact) mass is 234 g/mol. The molecule has 3 heteroatoms. The van der Waals surface area contributed by atoms with E-state index < -0.39 is 0 Å². The molecular weight excluding hydrogens is 212 g/mol. The quantitative estimate of drug-likeness (QED) is 0.850. The third-order valence-corrected chi connectivity index (χ3v) is 3.72. The van der Waals surface area contributed by atoms with Gasteiger partial charge in [0.1, 0.15) is 0 Å². The zero-order chi connectivity index (χ0) is 12.3. The van der Waals surface area contributed by atoms with E-state index in [0.29, 0.717) is 11.9 Å². The zero-order valence-electron chi connectivity index (χ0n) is 10.9. The summed E-state index contributed by atoms with van der Waals surface area (Å²) in [6.07, 6.45) is 4.52. The summed E-state index contributed by atoms with van der Waals surface area (Å²) in [7, 11) is 1.64. The molecule has 0 atom stereocenters. The Hall–Kier alpha value is -1.09. The molecule has 0 radical (unpaired) electrons. The summed E-state index contributed by atoms with van der Waals surface area (Å²) in [6.45, 7) is 5.54. The first-order valence-corrected chi connectivity index (χ1v) is 6.41. The lowest BCUT2D eigenvalue weighted by molar-refractivity contribution is 0.167. The molecule has 0 amide bonds. The van der Waals surface area contributed by atoms with Gasteiger partial charge in [0.25, 0.3) is 0 Å². The van der Waals surface area contributed by atoms with Crippen LogP contribution in [0.5, 0.6) is 5.88 Å². The first-order valence-electron chi connectivity index (χ1n) is 6.41. The molecule has 0 bridgehead atoms. The number of rotatable bonds is 5. The largest absolute Gasteiger partial charge is 0.481 e. The van der Waals surface area contributed by atoms with Crippen molar-refractivity contribution in [3.8, 4) is 5.88 Å². The number of ether oxygens (including phenoxy) is 1. The van der Waals surface area contributed by atoms with Crippen LogP contribution in [0.25, 0.3) is 0 Å². The van der Waals surface area contributed by atoms with Gasteiger partial charge in [-0.3, -0.25) is 0 Å². The Morgan fingerprint density at radius 1 is 1.41 bits per heavy atom. The minimum Gasteiger partial charge on any atom is -0.481 e. The van der Waals surface area contributed by atoms with E-state index >= 15 is 0 Å². The van der Waals surface area contributed by atoms with E-state index in [0.717, 1.165) is 18.4 Å².